The molecule has 1 rings (SSSR count). The van der Waals surface area contributed by atoms with Gasteiger partial charge in [0.15, 0.2) is 6.07 Å². The van der Waals surface area contributed by atoms with Gasteiger partial charge in [0, 0.05) is 12.0 Å². The molecule has 0 saturated carbocycles. The predicted octanol–water partition coefficient (Wildman–Crippen LogP) is 1.74. The molecule has 0 fully saturated rings. The van der Waals surface area contributed by atoms with Crippen LogP contribution in [0.15, 0.2) is 24.3 Å². The quantitative estimate of drug-likeness (QED) is 0.789. The first-order valence-corrected chi connectivity index (χ1v) is 4.90. The third-order valence-corrected chi connectivity index (χ3v) is 2.40. The Bertz CT molecular complexity index is 435. The number of carbonyl (C=O) groups is 1. The van der Waals surface area contributed by atoms with Crippen molar-refractivity contribution in [1.82, 2.24) is 5.32 Å². The normalized spacial score (nSPS) is 10.6. The number of nitrogens with one attached hydrogen (secondary N) is 1. The lowest BCUT2D eigenvalue weighted by atomic mass is 9.84. The first-order valence-electron chi connectivity index (χ1n) is 4.90. The van der Waals surface area contributed by atoms with Crippen molar-refractivity contribution in [2.75, 3.05) is 6.54 Å². The Morgan fingerprint density at radius 2 is 2.25 bits per heavy atom. The van der Waals surface area contributed by atoms with Gasteiger partial charge in [0.2, 0.25) is 0 Å². The summed E-state index contributed by atoms with van der Waals surface area (Å²) in [7, 11) is 0. The summed E-state index contributed by atoms with van der Waals surface area (Å²) in [5.41, 5.74) is 0.375. The van der Waals surface area contributed by atoms with Gasteiger partial charge in [-0.05, 0) is 17.7 Å². The second-order valence-electron chi connectivity index (χ2n) is 4.19. The van der Waals surface area contributed by atoms with E-state index in [1.807, 2.05) is 13.8 Å². The van der Waals surface area contributed by atoms with Crippen LogP contribution in [-0.4, -0.2) is 12.5 Å². The highest BCUT2D eigenvalue weighted by atomic mass is 19.1. The van der Waals surface area contributed by atoms with Crippen LogP contribution in [0.3, 0.4) is 0 Å². The molecule has 0 unspecified atom stereocenters. The number of nitriles is 1. The Morgan fingerprint density at radius 1 is 1.56 bits per heavy atom. The highest BCUT2D eigenvalue weighted by Crippen LogP contribution is 2.22. The fourth-order valence-electron chi connectivity index (χ4n) is 1.35. The second kappa shape index (κ2) is 4.75. The zero-order valence-electron chi connectivity index (χ0n) is 9.25. The molecule has 3 nitrogen and oxygen atoms in total. The largest absolute Gasteiger partial charge is 0.343 e. The Hall–Kier alpha value is -1.89. The Kier molecular flexibility index (Phi) is 3.62. The lowest BCUT2D eigenvalue weighted by molar-refractivity contribution is -0.116. The molecule has 1 amide bonds. The predicted molar refractivity (Wildman–Crippen MR) is 58.0 cm³/mol. The summed E-state index contributed by atoms with van der Waals surface area (Å²) < 4.78 is 13.0. The molecule has 0 aliphatic carbocycles. The van der Waals surface area contributed by atoms with Gasteiger partial charge in [-0.1, -0.05) is 26.0 Å². The molecular weight excluding hydrogens is 207 g/mol. The van der Waals surface area contributed by atoms with Crippen LogP contribution >= 0.6 is 0 Å². The molecule has 0 heterocycles. The summed E-state index contributed by atoms with van der Waals surface area (Å²) in [6.45, 7) is 4.04. The van der Waals surface area contributed by atoms with Crippen molar-refractivity contribution in [1.29, 1.82) is 5.26 Å². The van der Waals surface area contributed by atoms with Crippen LogP contribution in [0.1, 0.15) is 19.4 Å². The number of carbonyl (C=O) groups excluding carboxylic acids is 1. The number of nitrogens with zero attached hydrogens (tertiary/aromatic N) is 1. The maximum absolute atomic E-state index is 13.0. The molecule has 1 aromatic rings. The molecule has 16 heavy (non-hydrogen) atoms. The minimum atomic E-state index is -0.676. The Morgan fingerprint density at radius 3 is 2.81 bits per heavy atom. The van der Waals surface area contributed by atoms with Crippen LogP contribution in [0.4, 0.5) is 4.39 Å². The van der Waals surface area contributed by atoms with Gasteiger partial charge >= 0.3 is 5.91 Å². The van der Waals surface area contributed by atoms with Crippen molar-refractivity contribution in [2.24, 2.45) is 0 Å². The Balaban J connectivity index is 2.78. The monoisotopic (exact) mass is 220 g/mol. The van der Waals surface area contributed by atoms with E-state index in [9.17, 15) is 9.18 Å². The van der Waals surface area contributed by atoms with Crippen molar-refractivity contribution < 1.29 is 9.18 Å². The van der Waals surface area contributed by atoms with E-state index in [1.54, 1.807) is 12.1 Å². The lowest BCUT2D eigenvalue weighted by Crippen LogP contribution is -2.36. The Labute approximate surface area is 93.9 Å². The molecule has 0 aliphatic rings. The number of hydrogen-bond acceptors (Lipinski definition) is 2. The zero-order chi connectivity index (χ0) is 12.2. The van der Waals surface area contributed by atoms with Gasteiger partial charge in [-0.25, -0.2) is 4.39 Å². The number of amides is 1. The number of halogens is 1. The standard InChI is InChI=1S/C12H13FN2O/c1-12(2,8-15-11(16)7-14)9-4-3-5-10(13)6-9/h3-6H,8H2,1-2H3,(H,15,16). The molecule has 0 bridgehead atoms. The van der Waals surface area contributed by atoms with Gasteiger partial charge in [-0.2, -0.15) is 5.26 Å². The molecule has 0 saturated heterocycles. The van der Waals surface area contributed by atoms with Crippen molar-refractivity contribution in [3.05, 3.63) is 35.6 Å². The van der Waals surface area contributed by atoms with Gasteiger partial charge in [-0.3, -0.25) is 4.79 Å². The maximum Gasteiger partial charge on any atom is 0.322 e. The molecule has 0 spiro atoms. The third kappa shape index (κ3) is 3.06. The highest BCUT2D eigenvalue weighted by molar-refractivity contribution is 5.91. The van der Waals surface area contributed by atoms with E-state index in [0.717, 1.165) is 5.56 Å². The second-order valence-corrected chi connectivity index (χ2v) is 4.19. The summed E-state index contributed by atoms with van der Waals surface area (Å²) in [4.78, 5) is 10.8. The van der Waals surface area contributed by atoms with Crippen LogP contribution in [-0.2, 0) is 10.2 Å². The lowest BCUT2D eigenvalue weighted by Gasteiger charge is -2.25. The van der Waals surface area contributed by atoms with E-state index in [1.165, 1.54) is 18.2 Å². The minimum Gasteiger partial charge on any atom is -0.343 e. The van der Waals surface area contributed by atoms with E-state index in [0.29, 0.717) is 6.54 Å². The van der Waals surface area contributed by atoms with Gasteiger partial charge in [0.1, 0.15) is 5.82 Å². The third-order valence-electron chi connectivity index (χ3n) is 2.40. The van der Waals surface area contributed by atoms with Gasteiger partial charge < -0.3 is 5.32 Å². The van der Waals surface area contributed by atoms with Gasteiger partial charge in [0.05, 0.1) is 0 Å². The van der Waals surface area contributed by atoms with Crippen molar-refractivity contribution in [3.8, 4) is 6.07 Å². The average Bonchev–Trinajstić information content (AvgIpc) is 2.26. The van der Waals surface area contributed by atoms with E-state index in [4.69, 9.17) is 5.26 Å². The van der Waals surface area contributed by atoms with Crippen molar-refractivity contribution in [3.63, 3.8) is 0 Å². The SMILES string of the molecule is CC(C)(CNC(=O)C#N)c1cccc(F)c1. The topological polar surface area (TPSA) is 52.9 Å². The number of hydrogen-bond donors (Lipinski definition) is 1. The summed E-state index contributed by atoms with van der Waals surface area (Å²) in [5.74, 6) is -0.985. The fourth-order valence-corrected chi connectivity index (χ4v) is 1.35. The van der Waals surface area contributed by atoms with E-state index >= 15 is 0 Å². The molecule has 0 atom stereocenters. The van der Waals surface area contributed by atoms with Crippen LogP contribution in [0, 0.1) is 17.1 Å². The van der Waals surface area contributed by atoms with Crippen molar-refractivity contribution in [2.45, 2.75) is 19.3 Å². The molecule has 1 N–H and O–H groups in total. The van der Waals surface area contributed by atoms with Gasteiger partial charge in [-0.15, -0.1) is 0 Å². The zero-order valence-corrected chi connectivity index (χ0v) is 9.25. The molecule has 84 valence electrons. The number of rotatable bonds is 3. The highest BCUT2D eigenvalue weighted by Gasteiger charge is 2.21. The number of benzene rings is 1. The van der Waals surface area contributed by atoms with Crippen LogP contribution in [0.2, 0.25) is 0 Å². The van der Waals surface area contributed by atoms with E-state index < -0.39 is 11.3 Å². The molecule has 0 aromatic heterocycles. The van der Waals surface area contributed by atoms with Crippen molar-refractivity contribution >= 4 is 5.91 Å². The van der Waals surface area contributed by atoms with Crippen LogP contribution in [0.5, 0.6) is 0 Å². The van der Waals surface area contributed by atoms with Crippen LogP contribution < -0.4 is 5.32 Å². The molecule has 1 aromatic carbocycles. The summed E-state index contributed by atoms with van der Waals surface area (Å²) in [6, 6.07) is 7.69. The average molecular weight is 220 g/mol. The summed E-state index contributed by atoms with van der Waals surface area (Å²) in [5, 5.41) is 10.8. The molecule has 0 aliphatic heterocycles. The van der Waals surface area contributed by atoms with E-state index in [2.05, 4.69) is 5.32 Å². The summed E-state index contributed by atoms with van der Waals surface area (Å²) >= 11 is 0. The first kappa shape index (κ1) is 12.2. The van der Waals surface area contributed by atoms with E-state index in [-0.39, 0.29) is 5.82 Å². The molecule has 4 heteroatoms. The fraction of sp³-hybridized carbons (Fsp3) is 0.333. The first-order chi connectivity index (χ1) is 7.45. The molecular formula is C12H13FN2O. The maximum atomic E-state index is 13.0. The van der Waals surface area contributed by atoms with Gasteiger partial charge in [0.25, 0.3) is 0 Å². The van der Waals surface area contributed by atoms with Crippen LogP contribution in [0.25, 0.3) is 0 Å². The summed E-state index contributed by atoms with van der Waals surface area (Å²) in [6.07, 6.45) is 0. The smallest absolute Gasteiger partial charge is 0.322 e. The molecule has 0 radical (unpaired) electrons. The minimum absolute atomic E-state index is 0.294.